The normalized spacial score (nSPS) is 21.8. The number of piperidine rings is 1. The average Bonchev–Trinajstić information content (AvgIpc) is 2.85. The van der Waals surface area contributed by atoms with E-state index in [1.165, 1.54) is 0 Å². The first-order chi connectivity index (χ1) is 10.9. The molecule has 4 nitrogen and oxygen atoms in total. The minimum absolute atomic E-state index is 0.0334. The molecule has 1 unspecified atom stereocenters. The first kappa shape index (κ1) is 16.9. The van der Waals surface area contributed by atoms with E-state index in [2.05, 4.69) is 0 Å². The van der Waals surface area contributed by atoms with Gasteiger partial charge in [0.2, 0.25) is 11.8 Å². The second-order valence-electron chi connectivity index (χ2n) is 5.88. The van der Waals surface area contributed by atoms with E-state index in [9.17, 15) is 9.59 Å². The highest BCUT2D eigenvalue weighted by atomic mass is 35.5. The Morgan fingerprint density at radius 2 is 1.87 bits per heavy atom. The van der Waals surface area contributed by atoms with Crippen LogP contribution in [-0.4, -0.2) is 45.8 Å². The van der Waals surface area contributed by atoms with Crippen molar-refractivity contribution in [3.63, 3.8) is 0 Å². The number of nitrogens with zero attached hydrogens (tertiary/aromatic N) is 2. The van der Waals surface area contributed by atoms with Crippen LogP contribution < -0.4 is 4.90 Å². The minimum atomic E-state index is -0.505. The number of anilines is 1. The van der Waals surface area contributed by atoms with Gasteiger partial charge in [0.05, 0.1) is 10.6 Å². The van der Waals surface area contributed by atoms with Gasteiger partial charge in [-0.1, -0.05) is 11.6 Å². The summed E-state index contributed by atoms with van der Waals surface area (Å²) in [7, 11) is 0. The number of halogens is 2. The molecule has 1 atom stereocenters. The SMILES string of the molecule is CC(Cl)C(=O)N1CCC2(CC1)SCC(=O)N2c1ccc(Cl)cc1. The molecule has 0 radical (unpaired) electrons. The van der Waals surface area contributed by atoms with Gasteiger partial charge in [-0.25, -0.2) is 0 Å². The molecule has 2 heterocycles. The van der Waals surface area contributed by atoms with E-state index < -0.39 is 5.38 Å². The number of carbonyl (C=O) groups is 2. The number of benzene rings is 1. The first-order valence-corrected chi connectivity index (χ1v) is 9.38. The number of amides is 2. The molecular formula is C16H18Cl2N2O2S. The van der Waals surface area contributed by atoms with Gasteiger partial charge in [0, 0.05) is 23.8 Å². The summed E-state index contributed by atoms with van der Waals surface area (Å²) in [6.07, 6.45) is 1.50. The Labute approximate surface area is 150 Å². The monoisotopic (exact) mass is 372 g/mol. The molecule has 1 aromatic rings. The van der Waals surface area contributed by atoms with Gasteiger partial charge in [0.15, 0.2) is 0 Å². The summed E-state index contributed by atoms with van der Waals surface area (Å²) in [5, 5.41) is 0.146. The van der Waals surface area contributed by atoms with E-state index in [4.69, 9.17) is 23.2 Å². The number of likely N-dealkylation sites (tertiary alicyclic amines) is 1. The van der Waals surface area contributed by atoms with Gasteiger partial charge < -0.3 is 4.90 Å². The largest absolute Gasteiger partial charge is 0.341 e. The topological polar surface area (TPSA) is 40.6 Å². The van der Waals surface area contributed by atoms with Crippen LogP contribution in [0.4, 0.5) is 5.69 Å². The third kappa shape index (κ3) is 3.19. The van der Waals surface area contributed by atoms with Crippen molar-refractivity contribution in [1.29, 1.82) is 0 Å². The summed E-state index contributed by atoms with van der Waals surface area (Å²) in [6.45, 7) is 2.95. The zero-order valence-corrected chi connectivity index (χ0v) is 15.1. The fourth-order valence-electron chi connectivity index (χ4n) is 3.22. The molecule has 1 aromatic carbocycles. The molecule has 7 heteroatoms. The van der Waals surface area contributed by atoms with Crippen molar-refractivity contribution in [2.24, 2.45) is 0 Å². The lowest BCUT2D eigenvalue weighted by Crippen LogP contribution is -2.54. The molecular weight excluding hydrogens is 355 g/mol. The first-order valence-electron chi connectivity index (χ1n) is 7.58. The van der Waals surface area contributed by atoms with Crippen LogP contribution in [0.25, 0.3) is 0 Å². The van der Waals surface area contributed by atoms with Crippen molar-refractivity contribution in [2.45, 2.75) is 30.0 Å². The van der Waals surface area contributed by atoms with Gasteiger partial charge in [0.1, 0.15) is 5.38 Å². The Bertz CT molecular complexity index is 613. The molecule has 23 heavy (non-hydrogen) atoms. The number of hydrogen-bond acceptors (Lipinski definition) is 3. The number of hydrogen-bond donors (Lipinski definition) is 0. The molecule has 124 valence electrons. The highest BCUT2D eigenvalue weighted by molar-refractivity contribution is 8.02. The molecule has 3 rings (SSSR count). The predicted molar refractivity (Wildman–Crippen MR) is 95.3 cm³/mol. The Morgan fingerprint density at radius 3 is 2.43 bits per heavy atom. The molecule has 0 aliphatic carbocycles. The van der Waals surface area contributed by atoms with Crippen molar-refractivity contribution in [3.05, 3.63) is 29.3 Å². The van der Waals surface area contributed by atoms with Gasteiger partial charge in [-0.15, -0.1) is 23.4 Å². The van der Waals surface area contributed by atoms with E-state index in [1.807, 2.05) is 17.0 Å². The molecule has 2 aliphatic heterocycles. The Balaban J connectivity index is 1.80. The van der Waals surface area contributed by atoms with Gasteiger partial charge in [0.25, 0.3) is 0 Å². The lowest BCUT2D eigenvalue weighted by atomic mass is 10.0. The molecule has 0 aromatic heterocycles. The predicted octanol–water partition coefficient (Wildman–Crippen LogP) is 3.37. The molecule has 2 amide bonds. The average molecular weight is 373 g/mol. The van der Waals surface area contributed by atoms with E-state index in [0.717, 1.165) is 18.5 Å². The maximum atomic E-state index is 12.4. The van der Waals surface area contributed by atoms with Crippen LogP contribution >= 0.6 is 35.0 Å². The Morgan fingerprint density at radius 1 is 1.26 bits per heavy atom. The van der Waals surface area contributed by atoms with E-state index in [1.54, 1.807) is 35.7 Å². The summed E-state index contributed by atoms with van der Waals surface area (Å²) >= 11 is 13.5. The quantitative estimate of drug-likeness (QED) is 0.747. The van der Waals surface area contributed by atoms with Crippen molar-refractivity contribution < 1.29 is 9.59 Å². The number of carbonyl (C=O) groups excluding carboxylic acids is 2. The molecule has 2 fully saturated rings. The zero-order valence-electron chi connectivity index (χ0n) is 12.8. The Kier molecular flexibility index (Phi) is 4.81. The Hall–Kier alpha value is -0.910. The van der Waals surface area contributed by atoms with Gasteiger partial charge in [-0.2, -0.15) is 0 Å². The number of rotatable bonds is 2. The summed E-state index contributed by atoms with van der Waals surface area (Å²) < 4.78 is 0. The number of thioether (sulfide) groups is 1. The third-order valence-electron chi connectivity index (χ3n) is 4.40. The van der Waals surface area contributed by atoms with Crippen LogP contribution in [0.5, 0.6) is 0 Å². The maximum absolute atomic E-state index is 12.4. The lowest BCUT2D eigenvalue weighted by molar-refractivity contribution is -0.131. The molecule has 0 bridgehead atoms. The van der Waals surface area contributed by atoms with Crippen LogP contribution in [-0.2, 0) is 9.59 Å². The van der Waals surface area contributed by atoms with Crippen LogP contribution in [0.2, 0.25) is 5.02 Å². The zero-order chi connectivity index (χ0) is 16.6. The summed E-state index contributed by atoms with van der Waals surface area (Å²) in [5.41, 5.74) is 0.870. The van der Waals surface area contributed by atoms with E-state index in [0.29, 0.717) is 23.9 Å². The van der Waals surface area contributed by atoms with E-state index in [-0.39, 0.29) is 16.7 Å². The molecule has 1 spiro atoms. The summed E-state index contributed by atoms with van der Waals surface area (Å²) in [5.74, 6) is 0.555. The molecule has 2 saturated heterocycles. The van der Waals surface area contributed by atoms with Crippen molar-refractivity contribution in [2.75, 3.05) is 23.7 Å². The van der Waals surface area contributed by atoms with E-state index >= 15 is 0 Å². The highest BCUT2D eigenvalue weighted by Gasteiger charge is 2.49. The lowest BCUT2D eigenvalue weighted by Gasteiger charge is -2.44. The third-order valence-corrected chi connectivity index (χ3v) is 6.36. The van der Waals surface area contributed by atoms with Gasteiger partial charge in [-0.05, 0) is 44.0 Å². The number of alkyl halides is 1. The molecule has 0 saturated carbocycles. The van der Waals surface area contributed by atoms with Crippen LogP contribution in [0.3, 0.4) is 0 Å². The van der Waals surface area contributed by atoms with Crippen LogP contribution in [0.15, 0.2) is 24.3 Å². The molecule has 0 N–H and O–H groups in total. The second kappa shape index (κ2) is 6.54. The summed E-state index contributed by atoms with van der Waals surface area (Å²) in [4.78, 5) is 27.9. The van der Waals surface area contributed by atoms with Crippen molar-refractivity contribution in [1.82, 2.24) is 4.90 Å². The smallest absolute Gasteiger partial charge is 0.240 e. The fourth-order valence-corrected chi connectivity index (χ4v) is 4.81. The maximum Gasteiger partial charge on any atom is 0.240 e. The standard InChI is InChI=1S/C16H18Cl2N2O2S/c1-11(17)15(22)19-8-6-16(7-9-19)20(14(21)10-23-16)13-4-2-12(18)3-5-13/h2-5,11H,6-10H2,1H3. The van der Waals surface area contributed by atoms with Gasteiger partial charge >= 0.3 is 0 Å². The highest BCUT2D eigenvalue weighted by Crippen LogP contribution is 2.46. The second-order valence-corrected chi connectivity index (χ2v) is 8.31. The minimum Gasteiger partial charge on any atom is -0.341 e. The molecule has 2 aliphatic rings. The van der Waals surface area contributed by atoms with Crippen molar-refractivity contribution in [3.8, 4) is 0 Å². The summed E-state index contributed by atoms with van der Waals surface area (Å²) in [6, 6.07) is 7.36. The van der Waals surface area contributed by atoms with Gasteiger partial charge in [-0.3, -0.25) is 14.5 Å². The van der Waals surface area contributed by atoms with Crippen molar-refractivity contribution >= 4 is 52.5 Å². The van der Waals surface area contributed by atoms with Crippen LogP contribution in [0.1, 0.15) is 19.8 Å². The van der Waals surface area contributed by atoms with Crippen LogP contribution in [0, 0.1) is 0 Å². The fraction of sp³-hybridized carbons (Fsp3) is 0.500.